The molecule has 0 spiro atoms. The first-order valence-electron chi connectivity index (χ1n) is 6.50. The van der Waals surface area contributed by atoms with Crippen LogP contribution < -0.4 is 4.74 Å². The molecule has 0 saturated carbocycles. The number of pyridine rings is 1. The number of fused-ring (bicyclic) bond motifs is 1. The van der Waals surface area contributed by atoms with E-state index in [2.05, 4.69) is 4.98 Å². The Kier molecular flexibility index (Phi) is 3.07. The van der Waals surface area contributed by atoms with Gasteiger partial charge >= 0.3 is 0 Å². The van der Waals surface area contributed by atoms with Gasteiger partial charge in [-0.1, -0.05) is 18.2 Å². The lowest BCUT2D eigenvalue weighted by molar-refractivity contribution is -0.128. The minimum atomic E-state index is 0.0533. The van der Waals surface area contributed by atoms with Crippen molar-refractivity contribution >= 4 is 16.8 Å². The van der Waals surface area contributed by atoms with Gasteiger partial charge in [0.05, 0.1) is 12.1 Å². The van der Waals surface area contributed by atoms with E-state index >= 15 is 0 Å². The molecule has 2 aromatic rings. The van der Waals surface area contributed by atoms with Gasteiger partial charge in [-0.05, 0) is 12.1 Å². The van der Waals surface area contributed by atoms with Crippen LogP contribution in [0.1, 0.15) is 13.3 Å². The maximum absolute atomic E-state index is 11.3. The van der Waals surface area contributed by atoms with Crippen LogP contribution in [0, 0.1) is 0 Å². The molecule has 1 unspecified atom stereocenters. The predicted molar refractivity (Wildman–Crippen MR) is 73.0 cm³/mol. The Morgan fingerprint density at radius 1 is 1.32 bits per heavy atom. The second-order valence-electron chi connectivity index (χ2n) is 4.84. The molecular formula is C15H16N2O2. The molecular weight excluding hydrogens is 240 g/mol. The number of nitrogens with zero attached hydrogens (tertiary/aromatic N) is 2. The van der Waals surface area contributed by atoms with Crippen molar-refractivity contribution in [1.82, 2.24) is 9.88 Å². The normalized spacial score (nSPS) is 18.8. The third-order valence-electron chi connectivity index (χ3n) is 3.45. The molecule has 2 heterocycles. The number of ether oxygens (including phenoxy) is 1. The average molecular weight is 256 g/mol. The summed E-state index contributed by atoms with van der Waals surface area (Å²) in [7, 11) is 0. The number of benzene rings is 1. The van der Waals surface area contributed by atoms with Gasteiger partial charge in [0.1, 0.15) is 6.10 Å². The van der Waals surface area contributed by atoms with Crippen LogP contribution in [0.15, 0.2) is 36.4 Å². The van der Waals surface area contributed by atoms with Gasteiger partial charge in [0.2, 0.25) is 11.8 Å². The fraction of sp³-hybridized carbons (Fsp3) is 0.333. The lowest BCUT2D eigenvalue weighted by Gasteiger charge is -2.15. The third kappa shape index (κ3) is 2.52. The van der Waals surface area contributed by atoms with E-state index < -0.39 is 0 Å². The molecule has 0 aliphatic carbocycles. The number of hydrogen-bond acceptors (Lipinski definition) is 3. The molecule has 4 heteroatoms. The molecule has 1 saturated heterocycles. The van der Waals surface area contributed by atoms with Crippen LogP contribution in [-0.2, 0) is 4.79 Å². The van der Waals surface area contributed by atoms with E-state index in [-0.39, 0.29) is 12.0 Å². The highest BCUT2D eigenvalue weighted by molar-refractivity contribution is 5.78. The summed E-state index contributed by atoms with van der Waals surface area (Å²) in [6.07, 6.45) is 0.922. The van der Waals surface area contributed by atoms with Gasteiger partial charge in [-0.3, -0.25) is 4.79 Å². The molecule has 4 nitrogen and oxygen atoms in total. The molecule has 98 valence electrons. The van der Waals surface area contributed by atoms with E-state index in [4.69, 9.17) is 4.74 Å². The predicted octanol–water partition coefficient (Wildman–Crippen LogP) is 2.23. The SMILES string of the molecule is CC(=O)N1CCC(Oc2ccc3ccccc3n2)C1. The van der Waals surface area contributed by atoms with Crippen molar-refractivity contribution in [3.8, 4) is 5.88 Å². The maximum Gasteiger partial charge on any atom is 0.219 e. The van der Waals surface area contributed by atoms with Gasteiger partial charge in [0.25, 0.3) is 0 Å². The van der Waals surface area contributed by atoms with Crippen molar-refractivity contribution in [2.24, 2.45) is 0 Å². The molecule has 1 amide bonds. The summed E-state index contributed by atoms with van der Waals surface area (Å²) in [5, 5.41) is 1.10. The van der Waals surface area contributed by atoms with Crippen LogP contribution in [0.5, 0.6) is 5.88 Å². The van der Waals surface area contributed by atoms with Crippen LogP contribution in [0.25, 0.3) is 10.9 Å². The highest BCUT2D eigenvalue weighted by Gasteiger charge is 2.25. The van der Waals surface area contributed by atoms with E-state index in [0.29, 0.717) is 12.4 Å². The molecule has 0 N–H and O–H groups in total. The second kappa shape index (κ2) is 4.88. The Morgan fingerprint density at radius 3 is 2.95 bits per heavy atom. The molecule has 1 aromatic carbocycles. The largest absolute Gasteiger partial charge is 0.472 e. The fourth-order valence-corrected chi connectivity index (χ4v) is 2.39. The lowest BCUT2D eigenvalue weighted by atomic mass is 10.2. The number of carbonyl (C=O) groups excluding carboxylic acids is 1. The van der Waals surface area contributed by atoms with Crippen molar-refractivity contribution in [2.45, 2.75) is 19.4 Å². The van der Waals surface area contributed by atoms with Crippen LogP contribution in [-0.4, -0.2) is 35.0 Å². The van der Waals surface area contributed by atoms with Crippen molar-refractivity contribution in [3.63, 3.8) is 0 Å². The highest BCUT2D eigenvalue weighted by atomic mass is 16.5. The first kappa shape index (κ1) is 12.0. The fourth-order valence-electron chi connectivity index (χ4n) is 2.39. The van der Waals surface area contributed by atoms with E-state index in [9.17, 15) is 4.79 Å². The van der Waals surface area contributed by atoms with Crippen LogP contribution in [0.2, 0.25) is 0 Å². The molecule has 1 fully saturated rings. The Balaban J connectivity index is 1.73. The molecule has 3 rings (SSSR count). The molecule has 1 aliphatic heterocycles. The molecule has 1 aliphatic rings. The minimum Gasteiger partial charge on any atom is -0.472 e. The van der Waals surface area contributed by atoms with Gasteiger partial charge in [0.15, 0.2) is 0 Å². The maximum atomic E-state index is 11.3. The molecule has 1 aromatic heterocycles. The van der Waals surface area contributed by atoms with Crippen LogP contribution in [0.4, 0.5) is 0 Å². The summed E-state index contributed by atoms with van der Waals surface area (Å²) >= 11 is 0. The topological polar surface area (TPSA) is 42.4 Å². The Hall–Kier alpha value is -2.10. The number of aromatic nitrogens is 1. The molecule has 0 bridgehead atoms. The Labute approximate surface area is 112 Å². The summed E-state index contributed by atoms with van der Waals surface area (Å²) in [5.41, 5.74) is 0.932. The van der Waals surface area contributed by atoms with E-state index in [1.807, 2.05) is 41.3 Å². The Morgan fingerprint density at radius 2 is 2.16 bits per heavy atom. The average Bonchev–Trinajstić information content (AvgIpc) is 2.87. The zero-order chi connectivity index (χ0) is 13.2. The number of hydrogen-bond donors (Lipinski definition) is 0. The smallest absolute Gasteiger partial charge is 0.219 e. The number of para-hydroxylation sites is 1. The number of rotatable bonds is 2. The van der Waals surface area contributed by atoms with Gasteiger partial charge < -0.3 is 9.64 Å². The quantitative estimate of drug-likeness (QED) is 0.827. The van der Waals surface area contributed by atoms with Gasteiger partial charge in [-0.25, -0.2) is 4.98 Å². The summed E-state index contributed by atoms with van der Waals surface area (Å²) in [6, 6.07) is 11.9. The van der Waals surface area contributed by atoms with E-state index in [1.165, 1.54) is 0 Å². The zero-order valence-electron chi connectivity index (χ0n) is 10.9. The van der Waals surface area contributed by atoms with Crippen LogP contribution >= 0.6 is 0 Å². The zero-order valence-corrected chi connectivity index (χ0v) is 10.9. The van der Waals surface area contributed by atoms with Gasteiger partial charge in [0, 0.05) is 31.3 Å². The summed E-state index contributed by atoms with van der Waals surface area (Å²) in [5.74, 6) is 0.742. The number of carbonyl (C=O) groups is 1. The first-order chi connectivity index (χ1) is 9.22. The van der Waals surface area contributed by atoms with Gasteiger partial charge in [-0.15, -0.1) is 0 Å². The minimum absolute atomic E-state index is 0.0533. The molecule has 1 atom stereocenters. The lowest BCUT2D eigenvalue weighted by Crippen LogP contribution is -2.28. The van der Waals surface area contributed by atoms with Crippen molar-refractivity contribution in [2.75, 3.05) is 13.1 Å². The highest BCUT2D eigenvalue weighted by Crippen LogP contribution is 2.20. The molecule has 0 radical (unpaired) electrons. The molecule has 19 heavy (non-hydrogen) atoms. The monoisotopic (exact) mass is 256 g/mol. The van der Waals surface area contributed by atoms with Gasteiger partial charge in [-0.2, -0.15) is 0 Å². The second-order valence-corrected chi connectivity index (χ2v) is 4.84. The van der Waals surface area contributed by atoms with E-state index in [0.717, 1.165) is 23.9 Å². The number of likely N-dealkylation sites (tertiary alicyclic amines) is 1. The summed E-state index contributed by atoms with van der Waals surface area (Å²) in [4.78, 5) is 17.6. The number of amides is 1. The van der Waals surface area contributed by atoms with E-state index in [1.54, 1.807) is 6.92 Å². The van der Waals surface area contributed by atoms with Crippen LogP contribution in [0.3, 0.4) is 0 Å². The third-order valence-corrected chi connectivity index (χ3v) is 3.45. The van der Waals surface area contributed by atoms with Crippen molar-refractivity contribution in [1.29, 1.82) is 0 Å². The summed E-state index contributed by atoms with van der Waals surface area (Å²) < 4.78 is 5.86. The van der Waals surface area contributed by atoms with Crippen molar-refractivity contribution in [3.05, 3.63) is 36.4 Å². The Bertz CT molecular complexity index is 612. The first-order valence-corrected chi connectivity index (χ1v) is 6.50. The van der Waals surface area contributed by atoms with Crippen molar-refractivity contribution < 1.29 is 9.53 Å². The standard InChI is InChI=1S/C15H16N2O2/c1-11(18)17-9-8-13(10-17)19-15-7-6-12-4-2-3-5-14(12)16-15/h2-7,13H,8-10H2,1H3. The summed E-state index contributed by atoms with van der Waals surface area (Å²) in [6.45, 7) is 3.02.